The number of piperazine rings is 1. The molecule has 252 valence electrons. The lowest BCUT2D eigenvalue weighted by molar-refractivity contribution is -0.134. The van der Waals surface area contributed by atoms with Crippen molar-refractivity contribution in [3.63, 3.8) is 0 Å². The van der Waals surface area contributed by atoms with Gasteiger partial charge in [-0.2, -0.15) is 4.98 Å². The summed E-state index contributed by atoms with van der Waals surface area (Å²) in [5.41, 5.74) is -1.95. The van der Waals surface area contributed by atoms with Gasteiger partial charge in [0.2, 0.25) is 5.91 Å². The van der Waals surface area contributed by atoms with Crippen LogP contribution in [-0.4, -0.2) is 76.6 Å². The number of halogens is 2. The Morgan fingerprint density at radius 1 is 1.15 bits per heavy atom. The van der Waals surface area contributed by atoms with Gasteiger partial charge in [-0.1, -0.05) is 33.4 Å². The predicted octanol–water partition coefficient (Wildman–Crippen LogP) is 4.19. The molecule has 1 saturated heterocycles. The van der Waals surface area contributed by atoms with Crippen LogP contribution in [0.1, 0.15) is 45.6 Å². The van der Waals surface area contributed by atoms with Crippen LogP contribution in [0, 0.1) is 11.6 Å². The van der Waals surface area contributed by atoms with E-state index in [0.717, 1.165) is 29.2 Å². The third kappa shape index (κ3) is 6.29. The van der Waals surface area contributed by atoms with Crippen LogP contribution in [0.3, 0.4) is 0 Å². The van der Waals surface area contributed by atoms with E-state index in [-0.39, 0.29) is 71.1 Å². The summed E-state index contributed by atoms with van der Waals surface area (Å²) in [5.74, 6) is -3.56. The van der Waals surface area contributed by atoms with Crippen molar-refractivity contribution in [2.24, 2.45) is 0 Å². The maximum atomic E-state index is 16.3. The van der Waals surface area contributed by atoms with E-state index in [9.17, 15) is 22.8 Å². The number of anilines is 1. The molecule has 0 unspecified atom stereocenters. The van der Waals surface area contributed by atoms with Crippen molar-refractivity contribution >= 4 is 38.6 Å². The van der Waals surface area contributed by atoms with Gasteiger partial charge in [0.15, 0.2) is 21.3 Å². The topological polar surface area (TPSA) is 145 Å². The molecule has 15 heteroatoms. The first-order chi connectivity index (χ1) is 22.7. The highest BCUT2D eigenvalue weighted by Crippen LogP contribution is 2.38. The molecule has 1 aromatic carbocycles. The molecule has 0 N–H and O–H groups in total. The minimum Gasteiger partial charge on any atom is -0.426 e. The second kappa shape index (κ2) is 13.2. The zero-order chi connectivity index (χ0) is 35.1. The third-order valence-corrected chi connectivity index (χ3v) is 9.17. The fourth-order valence-electron chi connectivity index (χ4n) is 5.70. The van der Waals surface area contributed by atoms with E-state index < -0.39 is 50.4 Å². The largest absolute Gasteiger partial charge is 0.426 e. The molecule has 1 fully saturated rings. The number of ether oxygens (including phenoxy) is 1. The Morgan fingerprint density at radius 3 is 2.50 bits per heavy atom. The summed E-state index contributed by atoms with van der Waals surface area (Å²) in [6, 6.07) is 4.26. The number of hydrogen-bond acceptors (Lipinski definition) is 10. The van der Waals surface area contributed by atoms with Crippen LogP contribution in [-0.2, 0) is 19.4 Å². The van der Waals surface area contributed by atoms with Gasteiger partial charge in [0.05, 0.1) is 16.6 Å². The van der Waals surface area contributed by atoms with Gasteiger partial charge in [-0.3, -0.25) is 14.6 Å². The number of carbonyl (C=O) groups is 2. The van der Waals surface area contributed by atoms with Gasteiger partial charge in [0.25, 0.3) is 0 Å². The number of esters is 1. The van der Waals surface area contributed by atoms with E-state index in [1.165, 1.54) is 31.3 Å². The van der Waals surface area contributed by atoms with Crippen LogP contribution in [0.4, 0.5) is 14.6 Å². The molecular weight excluding hydrogens is 646 g/mol. The van der Waals surface area contributed by atoms with Crippen LogP contribution in [0.15, 0.2) is 59.0 Å². The van der Waals surface area contributed by atoms with Crippen molar-refractivity contribution in [1.82, 2.24) is 24.4 Å². The summed E-state index contributed by atoms with van der Waals surface area (Å²) < 4.78 is 64.2. The van der Waals surface area contributed by atoms with Gasteiger partial charge >= 0.3 is 11.7 Å². The molecular formula is C33H34F2N6O6S. The number of hydrogen-bond donors (Lipinski definition) is 0. The van der Waals surface area contributed by atoms with Gasteiger partial charge in [0, 0.05) is 50.7 Å². The first-order valence-electron chi connectivity index (χ1n) is 15.2. The molecule has 1 atom stereocenters. The summed E-state index contributed by atoms with van der Waals surface area (Å²) in [7, 11) is -4.00. The van der Waals surface area contributed by atoms with E-state index in [1.54, 1.807) is 30.6 Å². The number of aromatic nitrogens is 4. The zero-order valence-electron chi connectivity index (χ0n) is 27.0. The minimum absolute atomic E-state index is 0.0145. The van der Waals surface area contributed by atoms with E-state index in [1.807, 2.05) is 0 Å². The summed E-state index contributed by atoms with van der Waals surface area (Å²) in [4.78, 5) is 54.7. The standard InChI is InChI=1S/C33H34F2N6O6S/c1-7-26(42)39-12-13-40(19(5)17-39)31-20-14-23(35)29(28-22(34)10-9-11-24(28)47-27(43)8-2)37-32(20)41(33(44)38-31)30-21(18(3)4)15-36-16-25(30)48(6,45)46/h7,9-11,14-16,18-19H,1,8,12-13,17H2,2-6H3/t19-/m0/s1. The van der Waals surface area contributed by atoms with Crippen molar-refractivity contribution in [3.05, 3.63) is 77.0 Å². The van der Waals surface area contributed by atoms with Crippen molar-refractivity contribution in [2.45, 2.75) is 51.0 Å². The molecule has 4 aromatic rings. The van der Waals surface area contributed by atoms with E-state index >= 15 is 8.78 Å². The second-order valence-electron chi connectivity index (χ2n) is 11.7. The summed E-state index contributed by atoms with van der Waals surface area (Å²) in [6.07, 6.45) is 4.64. The second-order valence-corrected chi connectivity index (χ2v) is 13.7. The monoisotopic (exact) mass is 680 g/mol. The molecule has 5 rings (SSSR count). The molecule has 0 radical (unpaired) electrons. The van der Waals surface area contributed by atoms with E-state index in [2.05, 4.69) is 21.5 Å². The maximum absolute atomic E-state index is 16.3. The molecule has 12 nitrogen and oxygen atoms in total. The van der Waals surface area contributed by atoms with Crippen molar-refractivity contribution in [2.75, 3.05) is 30.8 Å². The molecule has 0 aliphatic carbocycles. The first-order valence-corrected chi connectivity index (χ1v) is 17.1. The molecule has 1 aliphatic rings. The minimum atomic E-state index is -4.00. The Balaban J connectivity index is 1.90. The molecule has 0 bridgehead atoms. The number of rotatable bonds is 8. The lowest BCUT2D eigenvalue weighted by Gasteiger charge is -2.40. The smallest absolute Gasteiger partial charge is 0.355 e. The van der Waals surface area contributed by atoms with Crippen LogP contribution in [0.25, 0.3) is 28.0 Å². The number of carbonyl (C=O) groups excluding carboxylic acids is 2. The van der Waals surface area contributed by atoms with Crippen LogP contribution in [0.5, 0.6) is 5.75 Å². The van der Waals surface area contributed by atoms with Gasteiger partial charge in [-0.05, 0) is 42.7 Å². The van der Waals surface area contributed by atoms with Crippen molar-refractivity contribution < 1.29 is 31.5 Å². The molecule has 0 saturated carbocycles. The maximum Gasteiger partial charge on any atom is 0.355 e. The molecule has 3 aromatic heterocycles. The number of nitrogens with zero attached hydrogens (tertiary/aromatic N) is 6. The number of benzene rings is 1. The van der Waals surface area contributed by atoms with Gasteiger partial charge in [-0.15, -0.1) is 0 Å². The van der Waals surface area contributed by atoms with E-state index in [0.29, 0.717) is 5.56 Å². The SMILES string of the molecule is C=CC(=O)N1CCN(c2nc(=O)n(-c3c(C(C)C)cncc3S(C)(=O)=O)c3nc(-c4c(F)cccc4OC(=O)CC)c(F)cc23)[C@@H](C)C1. The zero-order valence-corrected chi connectivity index (χ0v) is 27.8. The van der Waals surface area contributed by atoms with E-state index in [4.69, 9.17) is 4.74 Å². The number of sulfone groups is 1. The molecule has 1 amide bonds. The molecule has 48 heavy (non-hydrogen) atoms. The number of pyridine rings is 2. The highest BCUT2D eigenvalue weighted by atomic mass is 32.2. The van der Waals surface area contributed by atoms with Crippen LogP contribution >= 0.6 is 0 Å². The molecule has 0 spiro atoms. The van der Waals surface area contributed by atoms with Crippen LogP contribution in [0.2, 0.25) is 0 Å². The highest BCUT2D eigenvalue weighted by Gasteiger charge is 2.32. The fraction of sp³-hybridized carbons (Fsp3) is 0.333. The Kier molecular flexibility index (Phi) is 9.44. The summed E-state index contributed by atoms with van der Waals surface area (Å²) in [6.45, 7) is 11.1. The predicted molar refractivity (Wildman–Crippen MR) is 175 cm³/mol. The van der Waals surface area contributed by atoms with Crippen molar-refractivity contribution in [1.29, 1.82) is 0 Å². The number of amides is 1. The first kappa shape index (κ1) is 34.3. The van der Waals surface area contributed by atoms with Gasteiger partial charge in [0.1, 0.15) is 28.0 Å². The Hall–Kier alpha value is -5.05. The Labute approximate surface area is 275 Å². The third-order valence-electron chi connectivity index (χ3n) is 8.07. The quantitative estimate of drug-likeness (QED) is 0.151. The van der Waals surface area contributed by atoms with Gasteiger partial charge in [-0.25, -0.2) is 31.5 Å². The lowest BCUT2D eigenvalue weighted by Crippen LogP contribution is -2.54. The highest BCUT2D eigenvalue weighted by molar-refractivity contribution is 7.90. The summed E-state index contributed by atoms with van der Waals surface area (Å²) >= 11 is 0. The molecule has 4 heterocycles. The Bertz CT molecular complexity index is 2140. The average molecular weight is 681 g/mol. The Morgan fingerprint density at radius 2 is 1.88 bits per heavy atom. The molecule has 1 aliphatic heterocycles. The average Bonchev–Trinajstić information content (AvgIpc) is 3.03. The summed E-state index contributed by atoms with van der Waals surface area (Å²) in [5, 5.41) is 0.0145. The van der Waals surface area contributed by atoms with Crippen LogP contribution < -0.4 is 15.3 Å². The fourth-order valence-corrected chi connectivity index (χ4v) is 6.51. The number of fused-ring (bicyclic) bond motifs is 1. The van der Waals surface area contributed by atoms with Crippen molar-refractivity contribution in [3.8, 4) is 22.7 Å². The van der Waals surface area contributed by atoms with Gasteiger partial charge < -0.3 is 14.5 Å². The normalized spacial score (nSPS) is 15.2. The lowest BCUT2D eigenvalue weighted by atomic mass is 10.0.